The number of piperidine rings is 1. The van der Waals surface area contributed by atoms with E-state index in [1.54, 1.807) is 13.2 Å². The van der Waals surface area contributed by atoms with E-state index in [0.29, 0.717) is 16.7 Å². The number of likely N-dealkylation sites (tertiary alicyclic amines) is 1. The zero-order chi connectivity index (χ0) is 17.9. The second-order valence-corrected chi connectivity index (χ2v) is 6.80. The Balaban J connectivity index is 1.72. The smallest absolute Gasteiger partial charge is 0.259 e. The molecule has 0 saturated carbocycles. The van der Waals surface area contributed by atoms with Crippen molar-refractivity contribution in [3.63, 3.8) is 0 Å². The van der Waals surface area contributed by atoms with Gasteiger partial charge in [0.05, 0.1) is 18.0 Å². The normalized spacial score (nSPS) is 15.3. The van der Waals surface area contributed by atoms with Gasteiger partial charge >= 0.3 is 0 Å². The van der Waals surface area contributed by atoms with Crippen molar-refractivity contribution in [2.75, 3.05) is 20.2 Å². The van der Waals surface area contributed by atoms with Crippen LogP contribution in [0.1, 0.15) is 24.8 Å². The third kappa shape index (κ3) is 3.35. The van der Waals surface area contributed by atoms with Crippen LogP contribution in [0.4, 0.5) is 0 Å². The van der Waals surface area contributed by atoms with Gasteiger partial charge < -0.3 is 9.72 Å². The Bertz CT molecular complexity index is 974. The number of nitrogens with one attached hydrogen (secondary N) is 1. The fourth-order valence-electron chi connectivity index (χ4n) is 3.63. The average molecular weight is 349 g/mol. The van der Waals surface area contributed by atoms with E-state index in [-0.39, 0.29) is 5.56 Å². The zero-order valence-electron chi connectivity index (χ0n) is 15.0. The van der Waals surface area contributed by atoms with E-state index in [0.717, 1.165) is 36.5 Å². The highest BCUT2D eigenvalue weighted by Crippen LogP contribution is 2.27. The molecule has 26 heavy (non-hydrogen) atoms. The third-order valence-electron chi connectivity index (χ3n) is 5.01. The number of H-pyrrole nitrogens is 1. The number of hydrogen-bond donors (Lipinski definition) is 1. The molecular weight excluding hydrogens is 326 g/mol. The molecule has 1 aliphatic rings. The van der Waals surface area contributed by atoms with Gasteiger partial charge in [-0.05, 0) is 56.3 Å². The van der Waals surface area contributed by atoms with Crippen molar-refractivity contribution in [1.82, 2.24) is 14.9 Å². The summed E-state index contributed by atoms with van der Waals surface area (Å²) in [5, 5.41) is 0.610. The second-order valence-electron chi connectivity index (χ2n) is 6.80. The molecule has 134 valence electrons. The number of hydrogen-bond acceptors (Lipinski definition) is 4. The maximum absolute atomic E-state index is 12.4. The van der Waals surface area contributed by atoms with Crippen LogP contribution in [-0.4, -0.2) is 35.1 Å². The van der Waals surface area contributed by atoms with Gasteiger partial charge in [-0.3, -0.25) is 9.69 Å². The largest absolute Gasteiger partial charge is 0.496 e. The summed E-state index contributed by atoms with van der Waals surface area (Å²) in [5.74, 6) is 1.47. The van der Waals surface area contributed by atoms with Gasteiger partial charge in [0.25, 0.3) is 5.56 Å². The van der Waals surface area contributed by atoms with Crippen molar-refractivity contribution in [2.24, 2.45) is 0 Å². The van der Waals surface area contributed by atoms with Crippen molar-refractivity contribution >= 4 is 10.9 Å². The molecule has 1 saturated heterocycles. The molecule has 2 heterocycles. The first-order chi connectivity index (χ1) is 12.7. The number of ether oxygens (including phenoxy) is 1. The number of nitrogens with zero attached hydrogens (tertiary/aromatic N) is 2. The standard InChI is InChI=1S/C21H23N3O2/c1-26-19-10-9-15(13-16(19)14-24-11-5-2-6-12-24)20-22-18-8-4-3-7-17(18)21(25)23-20/h3-4,7-10,13H,2,5-6,11-12,14H2,1H3,(H,22,23,25). The molecule has 1 aliphatic heterocycles. The number of para-hydroxylation sites is 1. The molecule has 0 aliphatic carbocycles. The Kier molecular flexibility index (Phi) is 4.71. The maximum Gasteiger partial charge on any atom is 0.259 e. The molecule has 1 fully saturated rings. The monoisotopic (exact) mass is 349 g/mol. The highest BCUT2D eigenvalue weighted by molar-refractivity contribution is 5.79. The Morgan fingerprint density at radius 1 is 1.12 bits per heavy atom. The molecule has 1 aromatic heterocycles. The van der Waals surface area contributed by atoms with E-state index in [1.165, 1.54) is 19.3 Å². The predicted molar refractivity (Wildman–Crippen MR) is 103 cm³/mol. The lowest BCUT2D eigenvalue weighted by Crippen LogP contribution is -2.29. The van der Waals surface area contributed by atoms with Crippen LogP contribution in [0.25, 0.3) is 22.3 Å². The van der Waals surface area contributed by atoms with Gasteiger partial charge in [0.1, 0.15) is 11.6 Å². The quantitative estimate of drug-likeness (QED) is 0.782. The van der Waals surface area contributed by atoms with E-state index >= 15 is 0 Å². The van der Waals surface area contributed by atoms with E-state index in [4.69, 9.17) is 4.74 Å². The van der Waals surface area contributed by atoms with Crippen molar-refractivity contribution in [3.05, 3.63) is 58.4 Å². The van der Waals surface area contributed by atoms with Gasteiger partial charge in [-0.2, -0.15) is 0 Å². The molecule has 4 rings (SSSR count). The minimum Gasteiger partial charge on any atom is -0.496 e. The van der Waals surface area contributed by atoms with Crippen LogP contribution >= 0.6 is 0 Å². The number of methoxy groups -OCH3 is 1. The van der Waals surface area contributed by atoms with Gasteiger partial charge in [-0.15, -0.1) is 0 Å². The van der Waals surface area contributed by atoms with Gasteiger partial charge in [-0.25, -0.2) is 4.98 Å². The van der Waals surface area contributed by atoms with Gasteiger partial charge in [-0.1, -0.05) is 18.6 Å². The number of aromatic nitrogens is 2. The summed E-state index contributed by atoms with van der Waals surface area (Å²) in [5.41, 5.74) is 2.63. The van der Waals surface area contributed by atoms with Crippen molar-refractivity contribution < 1.29 is 4.74 Å². The van der Waals surface area contributed by atoms with Crippen LogP contribution in [0.3, 0.4) is 0 Å². The lowest BCUT2D eigenvalue weighted by atomic mass is 10.1. The predicted octanol–water partition coefficient (Wildman–Crippen LogP) is 3.58. The highest BCUT2D eigenvalue weighted by Gasteiger charge is 2.15. The first-order valence-corrected chi connectivity index (χ1v) is 9.13. The molecule has 0 unspecified atom stereocenters. The van der Waals surface area contributed by atoms with Gasteiger partial charge in [0, 0.05) is 17.7 Å². The van der Waals surface area contributed by atoms with Crippen LogP contribution < -0.4 is 10.3 Å². The van der Waals surface area contributed by atoms with E-state index in [1.807, 2.05) is 30.3 Å². The molecule has 0 atom stereocenters. The summed E-state index contributed by atoms with van der Waals surface area (Å²) in [6, 6.07) is 13.4. The lowest BCUT2D eigenvalue weighted by Gasteiger charge is -2.27. The Morgan fingerprint density at radius 2 is 1.92 bits per heavy atom. The Morgan fingerprint density at radius 3 is 2.73 bits per heavy atom. The Labute approximate surface area is 152 Å². The third-order valence-corrected chi connectivity index (χ3v) is 5.01. The second kappa shape index (κ2) is 7.30. The zero-order valence-corrected chi connectivity index (χ0v) is 15.0. The minimum atomic E-state index is -0.112. The van der Waals surface area contributed by atoms with Crippen LogP contribution in [0.5, 0.6) is 5.75 Å². The summed E-state index contributed by atoms with van der Waals surface area (Å²) in [6.07, 6.45) is 3.82. The molecule has 0 amide bonds. The van der Waals surface area contributed by atoms with Crippen molar-refractivity contribution in [2.45, 2.75) is 25.8 Å². The molecule has 5 nitrogen and oxygen atoms in total. The molecule has 0 bridgehead atoms. The van der Waals surface area contributed by atoms with E-state index < -0.39 is 0 Å². The average Bonchev–Trinajstić information content (AvgIpc) is 2.69. The molecule has 3 aromatic rings. The van der Waals surface area contributed by atoms with Crippen molar-refractivity contribution in [3.8, 4) is 17.1 Å². The summed E-state index contributed by atoms with van der Waals surface area (Å²) >= 11 is 0. The van der Waals surface area contributed by atoms with E-state index in [2.05, 4.69) is 20.9 Å². The van der Waals surface area contributed by atoms with Crippen molar-refractivity contribution in [1.29, 1.82) is 0 Å². The van der Waals surface area contributed by atoms with Gasteiger partial charge in [0.2, 0.25) is 0 Å². The van der Waals surface area contributed by atoms with Crippen LogP contribution in [0, 0.1) is 0 Å². The molecule has 5 heteroatoms. The van der Waals surface area contributed by atoms with Gasteiger partial charge in [0.15, 0.2) is 0 Å². The fraction of sp³-hybridized carbons (Fsp3) is 0.333. The molecule has 0 spiro atoms. The Hall–Kier alpha value is -2.66. The first kappa shape index (κ1) is 16.8. The fourth-order valence-corrected chi connectivity index (χ4v) is 3.63. The minimum absolute atomic E-state index is 0.112. The number of fused-ring (bicyclic) bond motifs is 1. The summed E-state index contributed by atoms with van der Waals surface area (Å²) in [4.78, 5) is 22.4. The maximum atomic E-state index is 12.4. The highest BCUT2D eigenvalue weighted by atomic mass is 16.5. The molecular formula is C21H23N3O2. The van der Waals surface area contributed by atoms with Crippen LogP contribution in [0.2, 0.25) is 0 Å². The number of rotatable bonds is 4. The SMILES string of the molecule is COc1ccc(-c2nc3ccccc3c(=O)[nH]2)cc1CN1CCCCC1. The topological polar surface area (TPSA) is 58.2 Å². The summed E-state index contributed by atoms with van der Waals surface area (Å²) < 4.78 is 5.55. The molecule has 1 N–H and O–H groups in total. The van der Waals surface area contributed by atoms with Crippen LogP contribution in [-0.2, 0) is 6.54 Å². The first-order valence-electron chi connectivity index (χ1n) is 9.13. The number of benzene rings is 2. The van der Waals surface area contributed by atoms with Crippen LogP contribution in [0.15, 0.2) is 47.3 Å². The lowest BCUT2D eigenvalue weighted by molar-refractivity contribution is 0.218. The van der Waals surface area contributed by atoms with E-state index in [9.17, 15) is 4.79 Å². The number of aromatic amines is 1. The molecule has 0 radical (unpaired) electrons. The summed E-state index contributed by atoms with van der Waals surface area (Å²) in [7, 11) is 1.70. The molecule has 2 aromatic carbocycles. The summed E-state index contributed by atoms with van der Waals surface area (Å²) in [6.45, 7) is 3.10.